The minimum absolute atomic E-state index is 0.0364. The number of methoxy groups -OCH3 is 2. The largest absolute Gasteiger partial charge is 0.469 e. The second-order valence-electron chi connectivity index (χ2n) is 10.3. The number of rotatable bonds is 4. The molecule has 0 unspecified atom stereocenters. The third kappa shape index (κ3) is 3.67. The first-order valence-electron chi connectivity index (χ1n) is 12.0. The lowest BCUT2D eigenvalue weighted by atomic mass is 9.77. The van der Waals surface area contributed by atoms with Gasteiger partial charge in [0.15, 0.2) is 0 Å². The Bertz CT molecular complexity index is 1550. The lowest BCUT2D eigenvalue weighted by Crippen LogP contribution is -2.37. The van der Waals surface area contributed by atoms with Crippen molar-refractivity contribution in [3.8, 4) is 0 Å². The number of aromatic nitrogens is 1. The van der Waals surface area contributed by atoms with E-state index in [0.29, 0.717) is 16.5 Å². The summed E-state index contributed by atoms with van der Waals surface area (Å²) in [7, 11) is -1.81. The molecule has 2 aliphatic heterocycles. The van der Waals surface area contributed by atoms with Crippen molar-refractivity contribution in [3.63, 3.8) is 0 Å². The van der Waals surface area contributed by atoms with E-state index in [9.17, 15) is 22.8 Å². The zero-order valence-corrected chi connectivity index (χ0v) is 22.4. The highest BCUT2D eigenvalue weighted by Gasteiger charge is 2.67. The second kappa shape index (κ2) is 8.87. The fraction of sp³-hybridized carbons (Fsp3) is 0.370. The molecule has 2 aliphatic rings. The standard InChI is InChI=1S/C27H28N2O8S/c1-27(2,3)37-26(32)28-21-18-16-13-9-10-14-17(16)29(38(33,34)15-11-7-6-8-12-15)23(18)22(28)20(25(31)36-5)19(21)24(30)35-4/h6-14,19-22H,1-5H3/t19-,20+,21-,22-/m1/s1. The van der Waals surface area contributed by atoms with Crippen LogP contribution in [0.25, 0.3) is 10.9 Å². The zero-order valence-electron chi connectivity index (χ0n) is 21.6. The number of carbonyl (C=O) groups is 3. The Morgan fingerprint density at radius 1 is 0.816 bits per heavy atom. The van der Waals surface area contributed by atoms with Crippen molar-refractivity contribution in [3.05, 3.63) is 65.9 Å². The van der Waals surface area contributed by atoms with E-state index in [2.05, 4.69) is 0 Å². The van der Waals surface area contributed by atoms with Crippen LogP contribution in [-0.4, -0.2) is 55.1 Å². The summed E-state index contributed by atoms with van der Waals surface area (Å²) < 4.78 is 45.1. The van der Waals surface area contributed by atoms with Crippen LogP contribution < -0.4 is 0 Å². The molecule has 2 bridgehead atoms. The molecule has 0 radical (unpaired) electrons. The Balaban J connectivity index is 1.85. The van der Waals surface area contributed by atoms with Gasteiger partial charge in [0.05, 0.1) is 54.2 Å². The SMILES string of the molecule is COC(=O)[C@@H]1[C@H](C(=O)OC)[C@@H]2c3c(c4ccccc4n3S(=O)(=O)c3ccccc3)[C@H]1N2C(=O)OC(C)(C)C. The van der Waals surface area contributed by atoms with Gasteiger partial charge in [-0.25, -0.2) is 17.2 Å². The van der Waals surface area contributed by atoms with Crippen LogP contribution in [0.15, 0.2) is 59.5 Å². The number of para-hydroxylation sites is 1. The van der Waals surface area contributed by atoms with Crippen LogP contribution in [0.1, 0.15) is 44.1 Å². The van der Waals surface area contributed by atoms with E-state index >= 15 is 0 Å². The molecule has 1 aromatic heterocycles. The quantitative estimate of drug-likeness (QED) is 0.362. The van der Waals surface area contributed by atoms with Crippen LogP contribution in [0.4, 0.5) is 4.79 Å². The Morgan fingerprint density at radius 2 is 1.37 bits per heavy atom. The molecular formula is C27H28N2O8S. The summed E-state index contributed by atoms with van der Waals surface area (Å²) >= 11 is 0. The summed E-state index contributed by atoms with van der Waals surface area (Å²) in [6.45, 7) is 5.09. The van der Waals surface area contributed by atoms with Crippen molar-refractivity contribution in [2.24, 2.45) is 11.8 Å². The van der Waals surface area contributed by atoms with Crippen LogP contribution in [0.5, 0.6) is 0 Å². The maximum atomic E-state index is 14.1. The molecule has 11 heteroatoms. The Labute approximate surface area is 220 Å². The van der Waals surface area contributed by atoms with Gasteiger partial charge in [0.2, 0.25) is 0 Å². The summed E-state index contributed by atoms with van der Waals surface area (Å²) in [5, 5.41) is 0.542. The van der Waals surface area contributed by atoms with Gasteiger partial charge < -0.3 is 14.2 Å². The first-order valence-corrected chi connectivity index (χ1v) is 13.5. The van der Waals surface area contributed by atoms with Crippen molar-refractivity contribution >= 4 is 39.0 Å². The van der Waals surface area contributed by atoms with Gasteiger partial charge in [-0.15, -0.1) is 0 Å². The van der Waals surface area contributed by atoms with Crippen molar-refractivity contribution in [1.82, 2.24) is 8.87 Å². The molecule has 200 valence electrons. The highest BCUT2D eigenvalue weighted by atomic mass is 32.2. The predicted molar refractivity (Wildman–Crippen MR) is 136 cm³/mol. The van der Waals surface area contributed by atoms with Gasteiger partial charge in [-0.05, 0) is 39.0 Å². The Hall–Kier alpha value is -3.86. The first kappa shape index (κ1) is 25.8. The van der Waals surface area contributed by atoms with Gasteiger partial charge in [-0.3, -0.25) is 14.5 Å². The molecule has 4 atom stereocenters. The van der Waals surface area contributed by atoms with E-state index in [1.165, 1.54) is 35.2 Å². The van der Waals surface area contributed by atoms with E-state index < -0.39 is 57.6 Å². The summed E-state index contributed by atoms with van der Waals surface area (Å²) in [5.74, 6) is -3.82. The molecule has 0 spiro atoms. The topological polar surface area (TPSA) is 121 Å². The molecule has 0 N–H and O–H groups in total. The van der Waals surface area contributed by atoms with Gasteiger partial charge >= 0.3 is 18.0 Å². The van der Waals surface area contributed by atoms with Crippen LogP contribution in [0.3, 0.4) is 0 Å². The highest BCUT2D eigenvalue weighted by Crippen LogP contribution is 2.63. The number of esters is 2. The maximum absolute atomic E-state index is 14.1. The number of benzene rings is 2. The second-order valence-corrected chi connectivity index (χ2v) is 12.1. The van der Waals surface area contributed by atoms with Crippen molar-refractivity contribution in [1.29, 1.82) is 0 Å². The molecule has 0 aliphatic carbocycles. The van der Waals surface area contributed by atoms with E-state index in [0.717, 1.165) is 0 Å². The number of nitrogens with zero attached hydrogens (tertiary/aromatic N) is 2. The fourth-order valence-corrected chi connectivity index (χ4v) is 7.30. The predicted octanol–water partition coefficient (Wildman–Crippen LogP) is 3.80. The van der Waals surface area contributed by atoms with E-state index in [4.69, 9.17) is 14.2 Å². The van der Waals surface area contributed by atoms with Crippen LogP contribution in [0, 0.1) is 11.8 Å². The number of fused-ring (bicyclic) bond motifs is 7. The molecule has 38 heavy (non-hydrogen) atoms. The molecule has 3 heterocycles. The van der Waals surface area contributed by atoms with E-state index in [1.807, 2.05) is 0 Å². The number of hydrogen-bond acceptors (Lipinski definition) is 8. The summed E-state index contributed by atoms with van der Waals surface area (Å²) in [6, 6.07) is 12.6. The monoisotopic (exact) mass is 540 g/mol. The molecule has 1 saturated heterocycles. The maximum Gasteiger partial charge on any atom is 0.411 e. The van der Waals surface area contributed by atoms with Gasteiger partial charge in [-0.2, -0.15) is 0 Å². The molecule has 0 saturated carbocycles. The molecule has 1 amide bonds. The number of hydrogen-bond donors (Lipinski definition) is 0. The lowest BCUT2D eigenvalue weighted by molar-refractivity contribution is -0.157. The number of ether oxygens (including phenoxy) is 3. The van der Waals surface area contributed by atoms with Crippen molar-refractivity contribution in [2.45, 2.75) is 43.4 Å². The normalized spacial score (nSPS) is 22.3. The lowest BCUT2D eigenvalue weighted by Gasteiger charge is -2.29. The molecule has 1 fully saturated rings. The summed E-state index contributed by atoms with van der Waals surface area (Å²) in [4.78, 5) is 41.2. The highest BCUT2D eigenvalue weighted by molar-refractivity contribution is 7.90. The molecular weight excluding hydrogens is 512 g/mol. The average Bonchev–Trinajstić information content (AvgIpc) is 3.51. The fourth-order valence-electron chi connectivity index (χ4n) is 5.70. The Kier molecular flexibility index (Phi) is 6.01. The minimum atomic E-state index is -4.18. The summed E-state index contributed by atoms with van der Waals surface area (Å²) in [5.41, 5.74) is 0.168. The molecule has 10 nitrogen and oxygen atoms in total. The third-order valence-corrected chi connectivity index (χ3v) is 8.72. The van der Waals surface area contributed by atoms with Crippen molar-refractivity contribution < 1.29 is 37.0 Å². The number of carbonyl (C=O) groups excluding carboxylic acids is 3. The van der Waals surface area contributed by atoms with Crippen LogP contribution in [0.2, 0.25) is 0 Å². The third-order valence-electron chi connectivity index (χ3n) is 6.98. The summed E-state index contributed by atoms with van der Waals surface area (Å²) in [6.07, 6.45) is -0.781. The van der Waals surface area contributed by atoms with E-state index in [1.54, 1.807) is 63.2 Å². The molecule has 2 aromatic carbocycles. The molecule has 5 rings (SSSR count). The molecule has 3 aromatic rings. The average molecular weight is 541 g/mol. The van der Waals surface area contributed by atoms with Gasteiger partial charge in [-0.1, -0.05) is 36.4 Å². The van der Waals surface area contributed by atoms with Gasteiger partial charge in [0.25, 0.3) is 10.0 Å². The van der Waals surface area contributed by atoms with Crippen LogP contribution in [-0.2, 0) is 33.8 Å². The van der Waals surface area contributed by atoms with Gasteiger partial charge in [0.1, 0.15) is 5.60 Å². The zero-order chi connectivity index (χ0) is 27.6. The van der Waals surface area contributed by atoms with E-state index in [-0.39, 0.29) is 10.6 Å². The first-order chi connectivity index (χ1) is 17.9. The number of amides is 1. The van der Waals surface area contributed by atoms with Crippen molar-refractivity contribution in [2.75, 3.05) is 14.2 Å². The van der Waals surface area contributed by atoms with Gasteiger partial charge in [0, 0.05) is 10.9 Å². The smallest absolute Gasteiger partial charge is 0.411 e. The Morgan fingerprint density at radius 3 is 1.95 bits per heavy atom. The van der Waals surface area contributed by atoms with Crippen LogP contribution >= 0.6 is 0 Å². The minimum Gasteiger partial charge on any atom is -0.469 e.